The van der Waals surface area contributed by atoms with E-state index in [-0.39, 0.29) is 11.5 Å². The number of aromatic nitrogens is 2. The van der Waals surface area contributed by atoms with E-state index in [4.69, 9.17) is 0 Å². The Morgan fingerprint density at radius 2 is 1.71 bits per heavy atom. The van der Waals surface area contributed by atoms with E-state index in [0.717, 1.165) is 4.57 Å². The molecule has 1 aromatic rings. The molecule has 1 aromatic heterocycles. The van der Waals surface area contributed by atoms with Gasteiger partial charge in [0.05, 0.1) is 6.54 Å². The van der Waals surface area contributed by atoms with Crippen LogP contribution < -0.4 is 16.1 Å². The van der Waals surface area contributed by atoms with Crippen molar-refractivity contribution in [2.75, 3.05) is 51.7 Å². The summed E-state index contributed by atoms with van der Waals surface area (Å²) in [6.45, 7) is 2.65. The van der Waals surface area contributed by atoms with E-state index in [1.54, 1.807) is 26.0 Å². The number of hydrogen-bond donors (Lipinski definition) is 0. The zero-order valence-electron chi connectivity index (χ0n) is 14.4. The van der Waals surface area contributed by atoms with Crippen molar-refractivity contribution >= 4 is 11.7 Å². The van der Waals surface area contributed by atoms with Gasteiger partial charge in [0, 0.05) is 54.4 Å². The molecule has 0 spiro atoms. The van der Waals surface area contributed by atoms with Crippen LogP contribution in [-0.4, -0.2) is 71.7 Å². The van der Waals surface area contributed by atoms with Gasteiger partial charge in [-0.1, -0.05) is 0 Å². The molecule has 0 N–H and O–H groups in total. The van der Waals surface area contributed by atoms with Gasteiger partial charge in [-0.25, -0.2) is 4.79 Å². The number of anilines is 1. The highest BCUT2D eigenvalue weighted by Crippen LogP contribution is 2.16. The van der Waals surface area contributed by atoms with E-state index < -0.39 is 11.2 Å². The Morgan fingerprint density at radius 1 is 1.12 bits per heavy atom. The topological polar surface area (TPSA) is 94.6 Å². The molecule has 2 heterocycles. The van der Waals surface area contributed by atoms with Crippen molar-refractivity contribution in [1.29, 1.82) is 5.26 Å². The number of carbonyl (C=O) groups excluding carboxylic acids is 1. The number of nitriles is 1. The van der Waals surface area contributed by atoms with Gasteiger partial charge < -0.3 is 9.80 Å². The Bertz CT molecular complexity index is 793. The second-order valence-electron chi connectivity index (χ2n) is 6.07. The second kappa shape index (κ2) is 6.88. The summed E-state index contributed by atoms with van der Waals surface area (Å²) in [6.07, 6.45) is 0. The van der Waals surface area contributed by atoms with Crippen LogP contribution in [0.1, 0.15) is 5.56 Å². The largest absolute Gasteiger partial charge is 0.354 e. The molecular formula is C15H22N6O3. The molecule has 1 aliphatic heterocycles. The van der Waals surface area contributed by atoms with E-state index >= 15 is 0 Å². The molecule has 0 unspecified atom stereocenters. The predicted molar refractivity (Wildman–Crippen MR) is 89.0 cm³/mol. The van der Waals surface area contributed by atoms with Crippen LogP contribution in [0.3, 0.4) is 0 Å². The fourth-order valence-corrected chi connectivity index (χ4v) is 2.75. The first-order valence-corrected chi connectivity index (χ1v) is 7.65. The maximum absolute atomic E-state index is 12.2. The van der Waals surface area contributed by atoms with Gasteiger partial charge in [-0.05, 0) is 0 Å². The van der Waals surface area contributed by atoms with Crippen LogP contribution in [-0.2, 0) is 18.9 Å². The minimum Gasteiger partial charge on any atom is -0.354 e. The predicted octanol–water partition coefficient (Wildman–Crippen LogP) is -1.83. The van der Waals surface area contributed by atoms with Crippen molar-refractivity contribution in [2.24, 2.45) is 14.1 Å². The average molecular weight is 334 g/mol. The van der Waals surface area contributed by atoms with Crippen molar-refractivity contribution < 1.29 is 4.79 Å². The third kappa shape index (κ3) is 3.19. The van der Waals surface area contributed by atoms with E-state index in [1.165, 1.54) is 11.6 Å². The quantitative estimate of drug-likeness (QED) is 0.645. The molecular weight excluding hydrogens is 312 g/mol. The highest BCUT2D eigenvalue weighted by Gasteiger charge is 2.25. The summed E-state index contributed by atoms with van der Waals surface area (Å²) in [4.78, 5) is 41.5. The van der Waals surface area contributed by atoms with E-state index in [2.05, 4.69) is 0 Å². The highest BCUT2D eigenvalue weighted by atomic mass is 16.2. The Morgan fingerprint density at radius 3 is 2.21 bits per heavy atom. The van der Waals surface area contributed by atoms with E-state index in [1.807, 2.05) is 15.9 Å². The molecule has 1 saturated heterocycles. The first kappa shape index (κ1) is 17.7. The average Bonchev–Trinajstić information content (AvgIpc) is 2.56. The number of hydrogen-bond acceptors (Lipinski definition) is 6. The van der Waals surface area contributed by atoms with Crippen LogP contribution in [0.5, 0.6) is 0 Å². The lowest BCUT2D eigenvalue weighted by molar-refractivity contribution is -0.129. The molecule has 0 saturated carbocycles. The Labute approximate surface area is 139 Å². The molecule has 9 heteroatoms. The first-order chi connectivity index (χ1) is 11.3. The first-order valence-electron chi connectivity index (χ1n) is 7.65. The molecule has 130 valence electrons. The molecule has 0 aromatic carbocycles. The Kier molecular flexibility index (Phi) is 5.09. The third-order valence-electron chi connectivity index (χ3n) is 4.27. The Balaban J connectivity index is 2.24. The third-order valence-corrected chi connectivity index (χ3v) is 4.27. The zero-order valence-corrected chi connectivity index (χ0v) is 14.4. The summed E-state index contributed by atoms with van der Waals surface area (Å²) in [6, 6.07) is 1.92. The molecule has 0 bridgehead atoms. The van der Waals surface area contributed by atoms with Crippen LogP contribution in [0.25, 0.3) is 0 Å². The SMILES string of the molecule is CN(C)C(=O)CN1CCN(c2c(C#N)c(=O)n(C)c(=O)n2C)CC1. The number of rotatable bonds is 3. The number of carbonyl (C=O) groups is 1. The highest BCUT2D eigenvalue weighted by molar-refractivity contribution is 5.77. The van der Waals surface area contributed by atoms with Gasteiger partial charge in [0.2, 0.25) is 5.91 Å². The number of amides is 1. The van der Waals surface area contributed by atoms with E-state index in [0.29, 0.717) is 38.5 Å². The summed E-state index contributed by atoms with van der Waals surface area (Å²) in [5.74, 6) is 0.381. The van der Waals surface area contributed by atoms with Crippen LogP contribution in [0.4, 0.5) is 5.82 Å². The van der Waals surface area contributed by atoms with Gasteiger partial charge >= 0.3 is 5.69 Å². The van der Waals surface area contributed by atoms with Crippen molar-refractivity contribution in [3.8, 4) is 6.07 Å². The lowest BCUT2D eigenvalue weighted by atomic mass is 10.2. The second-order valence-corrected chi connectivity index (χ2v) is 6.07. The van der Waals surface area contributed by atoms with Crippen molar-refractivity contribution in [3.05, 3.63) is 26.4 Å². The lowest BCUT2D eigenvalue weighted by Gasteiger charge is -2.36. The lowest BCUT2D eigenvalue weighted by Crippen LogP contribution is -2.52. The van der Waals surface area contributed by atoms with Crippen LogP contribution in [0, 0.1) is 11.3 Å². The van der Waals surface area contributed by atoms with Crippen LogP contribution >= 0.6 is 0 Å². The zero-order chi connectivity index (χ0) is 18.0. The molecule has 2 rings (SSSR count). The van der Waals surface area contributed by atoms with Gasteiger partial charge in [0.1, 0.15) is 11.9 Å². The summed E-state index contributed by atoms with van der Waals surface area (Å²) >= 11 is 0. The number of nitrogens with zero attached hydrogens (tertiary/aromatic N) is 6. The number of likely N-dealkylation sites (N-methyl/N-ethyl adjacent to an activating group) is 1. The fraction of sp³-hybridized carbons (Fsp3) is 0.600. The Hall–Kier alpha value is -2.60. The molecule has 1 amide bonds. The minimum atomic E-state index is -0.583. The smallest absolute Gasteiger partial charge is 0.332 e. The normalized spacial score (nSPS) is 15.2. The maximum Gasteiger partial charge on any atom is 0.332 e. The summed E-state index contributed by atoms with van der Waals surface area (Å²) < 4.78 is 2.27. The number of piperazine rings is 1. The maximum atomic E-state index is 12.2. The van der Waals surface area contributed by atoms with Crippen LogP contribution in [0.2, 0.25) is 0 Å². The van der Waals surface area contributed by atoms with Gasteiger partial charge in [-0.15, -0.1) is 0 Å². The molecule has 24 heavy (non-hydrogen) atoms. The van der Waals surface area contributed by atoms with Crippen LogP contribution in [0.15, 0.2) is 9.59 Å². The van der Waals surface area contributed by atoms with Gasteiger partial charge in [0.15, 0.2) is 5.56 Å². The van der Waals surface area contributed by atoms with Gasteiger partial charge in [0.25, 0.3) is 5.56 Å². The van der Waals surface area contributed by atoms with E-state index in [9.17, 15) is 19.6 Å². The molecule has 9 nitrogen and oxygen atoms in total. The van der Waals surface area contributed by atoms with Crippen molar-refractivity contribution in [1.82, 2.24) is 18.9 Å². The molecule has 0 radical (unpaired) electrons. The molecule has 1 aliphatic rings. The molecule has 1 fully saturated rings. The summed E-state index contributed by atoms with van der Waals surface area (Å²) in [7, 11) is 6.35. The van der Waals surface area contributed by atoms with Gasteiger partial charge in [-0.3, -0.25) is 23.6 Å². The summed E-state index contributed by atoms with van der Waals surface area (Å²) in [5.41, 5.74) is -1.07. The standard InChI is InChI=1S/C15H22N6O3/c1-17(2)12(22)10-20-5-7-21(8-6-20)13-11(9-16)14(23)19(4)15(24)18(13)3/h5-8,10H2,1-4H3. The van der Waals surface area contributed by atoms with Crippen molar-refractivity contribution in [2.45, 2.75) is 0 Å². The fourth-order valence-electron chi connectivity index (χ4n) is 2.75. The summed E-state index contributed by atoms with van der Waals surface area (Å²) in [5, 5.41) is 9.34. The molecule has 0 aliphatic carbocycles. The minimum absolute atomic E-state index is 0.0298. The van der Waals surface area contributed by atoms with Crippen molar-refractivity contribution in [3.63, 3.8) is 0 Å². The van der Waals surface area contributed by atoms with Gasteiger partial charge in [-0.2, -0.15) is 5.26 Å². The monoisotopic (exact) mass is 334 g/mol. The molecule has 0 atom stereocenters.